The molecule has 1 aliphatic carbocycles. The number of ether oxygens (including phenoxy) is 1. The first-order valence-corrected chi connectivity index (χ1v) is 9.82. The second kappa shape index (κ2) is 7.43. The molecule has 1 atom stereocenters. The summed E-state index contributed by atoms with van der Waals surface area (Å²) < 4.78 is 31.9. The van der Waals surface area contributed by atoms with Gasteiger partial charge < -0.3 is 10.1 Å². The first-order chi connectivity index (χ1) is 12.3. The lowest BCUT2D eigenvalue weighted by Crippen LogP contribution is -2.39. The number of sulfonamides is 1. The van der Waals surface area contributed by atoms with Crippen molar-refractivity contribution in [3.63, 3.8) is 0 Å². The highest BCUT2D eigenvalue weighted by atomic mass is 32.2. The van der Waals surface area contributed by atoms with E-state index in [1.807, 2.05) is 24.3 Å². The number of amides is 1. The molecule has 2 N–H and O–H groups in total. The Kier molecular flexibility index (Phi) is 5.24. The van der Waals surface area contributed by atoms with Gasteiger partial charge in [0.05, 0.1) is 4.90 Å². The number of rotatable bonds is 7. The summed E-state index contributed by atoms with van der Waals surface area (Å²) in [7, 11) is -3.86. The lowest BCUT2D eigenvalue weighted by Gasteiger charge is -2.13. The van der Waals surface area contributed by atoms with Crippen LogP contribution < -0.4 is 10.0 Å². The molecule has 1 aliphatic rings. The standard InChI is InChI=1S/C18H20N2O5S/c1-12(18(22)20-15-7-8-15)25-17(21)11-19-26(23,24)16-9-6-13-4-2-3-5-14(13)10-16/h2-6,9-10,12,15,19H,7-8,11H2,1H3,(H,20,22)/t12-/m1/s1. The number of nitrogens with one attached hydrogen (secondary N) is 2. The van der Waals surface area contributed by atoms with Crippen molar-refractivity contribution in [1.82, 2.24) is 10.0 Å². The minimum Gasteiger partial charge on any atom is -0.452 e. The molecule has 0 saturated heterocycles. The van der Waals surface area contributed by atoms with Crippen LogP contribution in [0.3, 0.4) is 0 Å². The van der Waals surface area contributed by atoms with Crippen LogP contribution in [0.1, 0.15) is 19.8 Å². The van der Waals surface area contributed by atoms with Crippen molar-refractivity contribution in [3.8, 4) is 0 Å². The molecule has 3 rings (SSSR count). The van der Waals surface area contributed by atoms with E-state index in [9.17, 15) is 18.0 Å². The fraction of sp³-hybridized carbons (Fsp3) is 0.333. The SMILES string of the molecule is C[C@@H](OC(=O)CNS(=O)(=O)c1ccc2ccccc2c1)C(=O)NC1CC1. The number of hydrogen-bond donors (Lipinski definition) is 2. The minimum atomic E-state index is -3.86. The van der Waals surface area contributed by atoms with Crippen LogP contribution in [0.5, 0.6) is 0 Å². The van der Waals surface area contributed by atoms with Crippen molar-refractivity contribution in [2.75, 3.05) is 6.54 Å². The lowest BCUT2D eigenvalue weighted by molar-refractivity contribution is -0.153. The van der Waals surface area contributed by atoms with Gasteiger partial charge in [-0.15, -0.1) is 0 Å². The maximum atomic E-state index is 12.4. The van der Waals surface area contributed by atoms with Gasteiger partial charge in [-0.05, 0) is 42.7 Å². The normalized spacial score (nSPS) is 15.4. The average Bonchev–Trinajstić information content (AvgIpc) is 3.43. The zero-order valence-electron chi connectivity index (χ0n) is 14.3. The maximum absolute atomic E-state index is 12.4. The summed E-state index contributed by atoms with van der Waals surface area (Å²) in [5.41, 5.74) is 0. The molecule has 7 nitrogen and oxygen atoms in total. The fourth-order valence-electron chi connectivity index (χ4n) is 2.41. The molecule has 26 heavy (non-hydrogen) atoms. The van der Waals surface area contributed by atoms with Gasteiger partial charge in [0, 0.05) is 6.04 Å². The monoisotopic (exact) mass is 376 g/mol. The predicted octanol–water partition coefficient (Wildman–Crippen LogP) is 1.33. The Morgan fingerprint density at radius 3 is 2.54 bits per heavy atom. The molecule has 0 aromatic heterocycles. The summed E-state index contributed by atoms with van der Waals surface area (Å²) in [6.07, 6.45) is 0.893. The summed E-state index contributed by atoms with van der Waals surface area (Å²) in [4.78, 5) is 23.6. The Balaban J connectivity index is 1.57. The van der Waals surface area contributed by atoms with Gasteiger partial charge in [0.2, 0.25) is 10.0 Å². The van der Waals surface area contributed by atoms with Crippen molar-refractivity contribution in [2.45, 2.75) is 36.8 Å². The van der Waals surface area contributed by atoms with Gasteiger partial charge in [-0.2, -0.15) is 4.72 Å². The van der Waals surface area contributed by atoms with Crippen LogP contribution in [-0.4, -0.2) is 39.0 Å². The first kappa shape index (κ1) is 18.3. The van der Waals surface area contributed by atoms with Gasteiger partial charge in [-0.25, -0.2) is 8.42 Å². The molecule has 1 saturated carbocycles. The quantitative estimate of drug-likeness (QED) is 0.710. The lowest BCUT2D eigenvalue weighted by atomic mass is 10.1. The number of benzene rings is 2. The van der Waals surface area contributed by atoms with E-state index in [-0.39, 0.29) is 16.8 Å². The van der Waals surface area contributed by atoms with Gasteiger partial charge in [-0.3, -0.25) is 9.59 Å². The van der Waals surface area contributed by atoms with E-state index < -0.39 is 28.6 Å². The molecule has 0 heterocycles. The third-order valence-corrected chi connectivity index (χ3v) is 5.44. The Morgan fingerprint density at radius 2 is 1.85 bits per heavy atom. The van der Waals surface area contributed by atoms with Gasteiger partial charge in [0.15, 0.2) is 6.10 Å². The van der Waals surface area contributed by atoms with Crippen LogP contribution in [0.4, 0.5) is 0 Å². The molecule has 0 spiro atoms. The average molecular weight is 376 g/mol. The Labute approximate surface area is 151 Å². The highest BCUT2D eigenvalue weighted by molar-refractivity contribution is 7.89. The predicted molar refractivity (Wildman–Crippen MR) is 95.9 cm³/mol. The summed E-state index contributed by atoms with van der Waals surface area (Å²) in [6.45, 7) is 0.906. The molecule has 0 unspecified atom stereocenters. The largest absolute Gasteiger partial charge is 0.452 e. The number of esters is 1. The van der Waals surface area contributed by atoms with E-state index in [4.69, 9.17) is 4.74 Å². The molecular formula is C18H20N2O5S. The minimum absolute atomic E-state index is 0.0588. The van der Waals surface area contributed by atoms with Crippen LogP contribution in [-0.2, 0) is 24.3 Å². The number of fused-ring (bicyclic) bond motifs is 1. The molecule has 2 aromatic carbocycles. The molecule has 1 amide bonds. The zero-order chi connectivity index (χ0) is 18.7. The molecule has 1 fully saturated rings. The van der Waals surface area contributed by atoms with Crippen molar-refractivity contribution in [1.29, 1.82) is 0 Å². The Bertz CT molecular complexity index is 938. The molecule has 0 aliphatic heterocycles. The highest BCUT2D eigenvalue weighted by Gasteiger charge is 2.27. The van der Waals surface area contributed by atoms with Crippen LogP contribution in [0, 0.1) is 0 Å². The van der Waals surface area contributed by atoms with E-state index in [1.165, 1.54) is 19.1 Å². The van der Waals surface area contributed by atoms with E-state index in [1.54, 1.807) is 6.07 Å². The molecule has 138 valence electrons. The van der Waals surface area contributed by atoms with E-state index in [2.05, 4.69) is 10.0 Å². The van der Waals surface area contributed by atoms with Crippen molar-refractivity contribution in [3.05, 3.63) is 42.5 Å². The number of hydrogen-bond acceptors (Lipinski definition) is 5. The van der Waals surface area contributed by atoms with Crippen molar-refractivity contribution >= 4 is 32.7 Å². The summed E-state index contributed by atoms with van der Waals surface area (Å²) in [5.74, 6) is -1.19. The topological polar surface area (TPSA) is 102 Å². The van der Waals surface area contributed by atoms with E-state index in [0.29, 0.717) is 0 Å². The highest BCUT2D eigenvalue weighted by Crippen LogP contribution is 2.19. The van der Waals surface area contributed by atoms with Gasteiger partial charge in [0.25, 0.3) is 5.91 Å². The molecule has 0 radical (unpaired) electrons. The second-order valence-corrected chi connectivity index (χ2v) is 8.02. The van der Waals surface area contributed by atoms with Gasteiger partial charge in [-0.1, -0.05) is 30.3 Å². The zero-order valence-corrected chi connectivity index (χ0v) is 15.1. The molecule has 8 heteroatoms. The van der Waals surface area contributed by atoms with Crippen molar-refractivity contribution < 1.29 is 22.7 Å². The summed E-state index contributed by atoms with van der Waals surface area (Å²) in [5, 5.41) is 4.42. The van der Waals surface area contributed by atoms with Crippen LogP contribution in [0.2, 0.25) is 0 Å². The first-order valence-electron chi connectivity index (χ1n) is 8.33. The fourth-order valence-corrected chi connectivity index (χ4v) is 3.41. The summed E-state index contributed by atoms with van der Waals surface area (Å²) in [6, 6.07) is 12.2. The number of carbonyl (C=O) groups is 2. The third kappa shape index (κ3) is 4.59. The van der Waals surface area contributed by atoms with Crippen LogP contribution >= 0.6 is 0 Å². The second-order valence-electron chi connectivity index (χ2n) is 6.25. The Morgan fingerprint density at radius 1 is 1.15 bits per heavy atom. The maximum Gasteiger partial charge on any atom is 0.321 e. The molecule has 2 aromatic rings. The molecule has 0 bridgehead atoms. The van der Waals surface area contributed by atoms with Crippen LogP contribution in [0.15, 0.2) is 47.4 Å². The van der Waals surface area contributed by atoms with E-state index in [0.717, 1.165) is 23.6 Å². The van der Waals surface area contributed by atoms with Crippen LogP contribution in [0.25, 0.3) is 10.8 Å². The van der Waals surface area contributed by atoms with Crippen molar-refractivity contribution in [2.24, 2.45) is 0 Å². The molecular weight excluding hydrogens is 356 g/mol. The number of carbonyl (C=O) groups excluding carboxylic acids is 2. The van der Waals surface area contributed by atoms with Gasteiger partial charge in [0.1, 0.15) is 6.54 Å². The van der Waals surface area contributed by atoms with Gasteiger partial charge >= 0.3 is 5.97 Å². The van der Waals surface area contributed by atoms with E-state index >= 15 is 0 Å². The Hall–Kier alpha value is -2.45. The third-order valence-electron chi connectivity index (χ3n) is 4.04. The smallest absolute Gasteiger partial charge is 0.321 e. The summed E-state index contributed by atoms with van der Waals surface area (Å²) >= 11 is 0.